The van der Waals surface area contributed by atoms with E-state index in [1.165, 1.54) is 18.0 Å². The summed E-state index contributed by atoms with van der Waals surface area (Å²) in [5.74, 6) is -0.425. The molecule has 1 aromatic carbocycles. The SMILES string of the molecule is CC(=O)Oc1cccc(C(=O)N(NCl)C(C)(C)C)c1. The van der Waals surface area contributed by atoms with E-state index >= 15 is 0 Å². The molecule has 1 aromatic rings. The maximum absolute atomic E-state index is 12.3. The largest absolute Gasteiger partial charge is 0.427 e. The van der Waals surface area contributed by atoms with Gasteiger partial charge in [-0.2, -0.15) is 0 Å². The molecule has 0 fully saturated rings. The third kappa shape index (κ3) is 4.22. The Kier molecular flexibility index (Phi) is 4.91. The maximum Gasteiger partial charge on any atom is 0.308 e. The maximum atomic E-state index is 12.3. The number of nitrogens with one attached hydrogen (secondary N) is 1. The summed E-state index contributed by atoms with van der Waals surface area (Å²) >= 11 is 5.59. The summed E-state index contributed by atoms with van der Waals surface area (Å²) in [7, 11) is 0. The van der Waals surface area contributed by atoms with E-state index in [0.29, 0.717) is 11.3 Å². The van der Waals surface area contributed by atoms with Crippen LogP contribution in [-0.2, 0) is 4.79 Å². The second-order valence-corrected chi connectivity index (χ2v) is 5.19. The van der Waals surface area contributed by atoms with E-state index in [4.69, 9.17) is 16.5 Å². The van der Waals surface area contributed by atoms with E-state index in [-0.39, 0.29) is 5.91 Å². The van der Waals surface area contributed by atoms with Crippen molar-refractivity contribution in [3.8, 4) is 5.75 Å². The Labute approximate surface area is 117 Å². The van der Waals surface area contributed by atoms with E-state index in [1.54, 1.807) is 18.2 Å². The number of rotatable bonds is 3. The van der Waals surface area contributed by atoms with Gasteiger partial charge in [0, 0.05) is 12.5 Å². The van der Waals surface area contributed by atoms with Crippen molar-refractivity contribution in [3.63, 3.8) is 0 Å². The summed E-state index contributed by atoms with van der Waals surface area (Å²) in [6.45, 7) is 6.83. The van der Waals surface area contributed by atoms with Crippen molar-refractivity contribution in [3.05, 3.63) is 29.8 Å². The molecule has 0 aromatic heterocycles. The molecule has 0 saturated heterocycles. The van der Waals surface area contributed by atoms with Gasteiger partial charge in [0.2, 0.25) is 0 Å². The molecule has 1 N–H and O–H groups in total. The second-order valence-electron chi connectivity index (χ2n) is 5.02. The molecule has 104 valence electrons. The second kappa shape index (κ2) is 6.04. The minimum absolute atomic E-state index is 0.309. The number of carbonyl (C=O) groups is 2. The molecule has 19 heavy (non-hydrogen) atoms. The lowest BCUT2D eigenvalue weighted by Crippen LogP contribution is -2.50. The van der Waals surface area contributed by atoms with Crippen LogP contribution in [0.15, 0.2) is 24.3 Å². The molecule has 0 bridgehead atoms. The third-order valence-corrected chi connectivity index (χ3v) is 2.47. The van der Waals surface area contributed by atoms with Crippen LogP contribution in [0.1, 0.15) is 38.1 Å². The molecular formula is C13H17ClN2O3. The molecule has 1 amide bonds. The van der Waals surface area contributed by atoms with E-state index < -0.39 is 11.5 Å². The van der Waals surface area contributed by atoms with Crippen LogP contribution in [0.25, 0.3) is 0 Å². The highest BCUT2D eigenvalue weighted by Crippen LogP contribution is 2.19. The highest BCUT2D eigenvalue weighted by atomic mass is 35.5. The fourth-order valence-corrected chi connectivity index (χ4v) is 1.79. The lowest BCUT2D eigenvalue weighted by atomic mass is 10.1. The highest BCUT2D eigenvalue weighted by molar-refractivity contribution is 6.14. The Balaban J connectivity index is 3.02. The summed E-state index contributed by atoms with van der Waals surface area (Å²) in [5.41, 5.74) is -0.113. The number of carbonyl (C=O) groups excluding carboxylic acids is 2. The number of hydrogen-bond acceptors (Lipinski definition) is 4. The number of amides is 1. The Morgan fingerprint density at radius 1 is 1.32 bits per heavy atom. The number of esters is 1. The molecule has 0 heterocycles. The number of ether oxygens (including phenoxy) is 1. The molecule has 0 aliphatic rings. The first-order chi connectivity index (χ1) is 8.75. The van der Waals surface area contributed by atoms with Gasteiger partial charge in [0.15, 0.2) is 0 Å². The van der Waals surface area contributed by atoms with Crippen LogP contribution >= 0.6 is 11.8 Å². The lowest BCUT2D eigenvalue weighted by molar-refractivity contribution is -0.131. The molecule has 0 unspecified atom stereocenters. The number of hydrogen-bond donors (Lipinski definition) is 1. The molecule has 5 nitrogen and oxygen atoms in total. The first kappa shape index (κ1) is 15.5. The Morgan fingerprint density at radius 3 is 2.42 bits per heavy atom. The van der Waals surface area contributed by atoms with Gasteiger partial charge in [0.05, 0.1) is 5.54 Å². The predicted molar refractivity (Wildman–Crippen MR) is 72.7 cm³/mol. The van der Waals surface area contributed by atoms with Crippen LogP contribution in [0.3, 0.4) is 0 Å². The van der Waals surface area contributed by atoms with Crippen LogP contribution in [0.5, 0.6) is 5.75 Å². The van der Waals surface area contributed by atoms with Crippen molar-refractivity contribution in [2.45, 2.75) is 33.2 Å². The molecule has 0 saturated carbocycles. The molecule has 0 spiro atoms. The fourth-order valence-electron chi connectivity index (χ4n) is 1.46. The van der Waals surface area contributed by atoms with Crippen molar-refractivity contribution in [1.82, 2.24) is 9.95 Å². The zero-order chi connectivity index (χ0) is 14.6. The van der Waals surface area contributed by atoms with Crippen LogP contribution in [0, 0.1) is 0 Å². The smallest absolute Gasteiger partial charge is 0.308 e. The summed E-state index contributed by atoms with van der Waals surface area (Å²) in [5, 5.41) is 1.29. The Hall–Kier alpha value is -1.59. The highest BCUT2D eigenvalue weighted by Gasteiger charge is 2.27. The van der Waals surface area contributed by atoms with E-state index in [9.17, 15) is 9.59 Å². The van der Waals surface area contributed by atoms with Crippen LogP contribution in [0.2, 0.25) is 0 Å². The predicted octanol–water partition coefficient (Wildman–Crippen LogP) is 2.51. The van der Waals surface area contributed by atoms with Gasteiger partial charge < -0.3 is 4.74 Å². The third-order valence-electron chi connectivity index (χ3n) is 2.30. The average Bonchev–Trinajstić information content (AvgIpc) is 2.27. The number of benzene rings is 1. The summed E-state index contributed by atoms with van der Waals surface area (Å²) in [6, 6.07) is 6.37. The van der Waals surface area contributed by atoms with Crippen LogP contribution in [-0.4, -0.2) is 22.4 Å². The van der Waals surface area contributed by atoms with Gasteiger partial charge in [0.1, 0.15) is 5.75 Å². The lowest BCUT2D eigenvalue weighted by Gasteiger charge is -2.33. The van der Waals surface area contributed by atoms with Crippen molar-refractivity contribution in [2.75, 3.05) is 0 Å². The summed E-state index contributed by atoms with van der Waals surface area (Å²) < 4.78 is 4.94. The number of halogens is 1. The Bertz CT molecular complexity index is 483. The fraction of sp³-hybridized carbons (Fsp3) is 0.385. The minimum Gasteiger partial charge on any atom is -0.427 e. The quantitative estimate of drug-likeness (QED) is 0.401. The zero-order valence-corrected chi connectivity index (χ0v) is 12.1. The monoisotopic (exact) mass is 284 g/mol. The molecule has 0 atom stereocenters. The van der Waals surface area contributed by atoms with Gasteiger partial charge in [-0.05, 0) is 50.7 Å². The molecule has 0 aliphatic heterocycles. The van der Waals surface area contributed by atoms with Gasteiger partial charge in [-0.3, -0.25) is 14.6 Å². The first-order valence-electron chi connectivity index (χ1n) is 5.75. The number of nitrogens with zero attached hydrogens (tertiary/aromatic N) is 1. The van der Waals surface area contributed by atoms with Crippen molar-refractivity contribution >= 4 is 23.7 Å². The van der Waals surface area contributed by atoms with Gasteiger partial charge in [0.25, 0.3) is 5.91 Å². The normalized spacial score (nSPS) is 11.0. The van der Waals surface area contributed by atoms with E-state index in [2.05, 4.69) is 4.94 Å². The van der Waals surface area contributed by atoms with Gasteiger partial charge >= 0.3 is 5.97 Å². The van der Waals surface area contributed by atoms with Crippen LogP contribution in [0.4, 0.5) is 0 Å². The molecular weight excluding hydrogens is 268 g/mol. The van der Waals surface area contributed by atoms with Crippen molar-refractivity contribution < 1.29 is 14.3 Å². The number of hydrazine groups is 1. The van der Waals surface area contributed by atoms with Crippen molar-refractivity contribution in [2.24, 2.45) is 0 Å². The van der Waals surface area contributed by atoms with Crippen molar-refractivity contribution in [1.29, 1.82) is 0 Å². The van der Waals surface area contributed by atoms with Gasteiger partial charge in [-0.15, -0.1) is 4.94 Å². The van der Waals surface area contributed by atoms with E-state index in [0.717, 1.165) is 0 Å². The average molecular weight is 285 g/mol. The molecule has 0 radical (unpaired) electrons. The minimum atomic E-state index is -0.490. The first-order valence-corrected chi connectivity index (χ1v) is 6.13. The topological polar surface area (TPSA) is 58.6 Å². The molecule has 0 aliphatic carbocycles. The molecule has 1 rings (SSSR count). The van der Waals surface area contributed by atoms with Crippen LogP contribution < -0.4 is 9.68 Å². The Morgan fingerprint density at radius 2 is 1.95 bits per heavy atom. The van der Waals surface area contributed by atoms with Gasteiger partial charge in [-0.1, -0.05) is 6.07 Å². The van der Waals surface area contributed by atoms with E-state index in [1.807, 2.05) is 20.8 Å². The zero-order valence-electron chi connectivity index (χ0n) is 11.4. The summed E-state index contributed by atoms with van der Waals surface area (Å²) in [4.78, 5) is 25.5. The summed E-state index contributed by atoms with van der Waals surface area (Å²) in [6.07, 6.45) is 0. The van der Waals surface area contributed by atoms with Gasteiger partial charge in [-0.25, -0.2) is 0 Å². The standard InChI is InChI=1S/C13H17ClN2O3/c1-9(17)19-11-7-5-6-10(8-11)12(18)16(15-14)13(2,3)4/h5-8,15H,1-4H3. The molecule has 6 heteroatoms.